The molecule has 2 heterocycles. The second kappa shape index (κ2) is 5.21. The molecule has 0 aliphatic carbocycles. The zero-order chi connectivity index (χ0) is 12.3. The van der Waals surface area contributed by atoms with Crippen LogP contribution in [0.3, 0.4) is 0 Å². The van der Waals surface area contributed by atoms with Gasteiger partial charge in [-0.1, -0.05) is 0 Å². The highest BCUT2D eigenvalue weighted by atomic mass is 16.3. The van der Waals surface area contributed by atoms with Crippen molar-refractivity contribution in [2.45, 2.75) is 38.4 Å². The Morgan fingerprint density at radius 2 is 2.41 bits per heavy atom. The molecular weight excluding hydrogens is 216 g/mol. The van der Waals surface area contributed by atoms with E-state index in [4.69, 9.17) is 4.42 Å². The van der Waals surface area contributed by atoms with Crippen molar-refractivity contribution in [1.82, 2.24) is 10.2 Å². The number of hydrogen-bond donors (Lipinski definition) is 2. The standard InChI is InChI=1S/C13H22N2O2/c1-13(2)5-6-14-8-11(10-16)15(13)9-12-4-3-7-17-12/h3-4,7,11,14,16H,5-6,8-10H2,1-2H3. The molecule has 17 heavy (non-hydrogen) atoms. The Balaban J connectivity index is 2.16. The van der Waals surface area contributed by atoms with Crippen molar-refractivity contribution in [3.05, 3.63) is 24.2 Å². The topological polar surface area (TPSA) is 48.6 Å². The molecular formula is C13H22N2O2. The highest BCUT2D eigenvalue weighted by Crippen LogP contribution is 2.25. The molecule has 1 fully saturated rings. The maximum atomic E-state index is 9.54. The number of rotatable bonds is 3. The van der Waals surface area contributed by atoms with Gasteiger partial charge in [-0.2, -0.15) is 0 Å². The van der Waals surface area contributed by atoms with E-state index in [0.717, 1.165) is 31.8 Å². The third-order valence-corrected chi connectivity index (χ3v) is 3.63. The molecule has 96 valence electrons. The third-order valence-electron chi connectivity index (χ3n) is 3.63. The fourth-order valence-corrected chi connectivity index (χ4v) is 2.49. The monoisotopic (exact) mass is 238 g/mol. The number of aliphatic hydroxyl groups excluding tert-OH is 1. The van der Waals surface area contributed by atoms with Crippen LogP contribution in [0.2, 0.25) is 0 Å². The van der Waals surface area contributed by atoms with Gasteiger partial charge in [-0.3, -0.25) is 4.90 Å². The van der Waals surface area contributed by atoms with E-state index in [2.05, 4.69) is 24.1 Å². The lowest BCUT2D eigenvalue weighted by Gasteiger charge is -2.40. The first-order chi connectivity index (χ1) is 8.13. The molecule has 0 radical (unpaired) electrons. The second-order valence-electron chi connectivity index (χ2n) is 5.31. The van der Waals surface area contributed by atoms with Gasteiger partial charge < -0.3 is 14.8 Å². The fraction of sp³-hybridized carbons (Fsp3) is 0.692. The van der Waals surface area contributed by atoms with Gasteiger partial charge in [-0.05, 0) is 38.9 Å². The van der Waals surface area contributed by atoms with E-state index in [1.54, 1.807) is 6.26 Å². The lowest BCUT2D eigenvalue weighted by molar-refractivity contribution is 0.0323. The molecule has 0 spiro atoms. The third kappa shape index (κ3) is 2.89. The fourth-order valence-electron chi connectivity index (χ4n) is 2.49. The quantitative estimate of drug-likeness (QED) is 0.831. The summed E-state index contributed by atoms with van der Waals surface area (Å²) in [5, 5.41) is 12.9. The summed E-state index contributed by atoms with van der Waals surface area (Å²) in [5.74, 6) is 0.957. The lowest BCUT2D eigenvalue weighted by atomic mass is 9.96. The number of hydrogen-bond acceptors (Lipinski definition) is 4. The molecule has 2 N–H and O–H groups in total. The van der Waals surface area contributed by atoms with Crippen LogP contribution in [-0.4, -0.2) is 41.3 Å². The van der Waals surface area contributed by atoms with Gasteiger partial charge in [0.15, 0.2) is 0 Å². The Bertz CT molecular complexity index is 335. The van der Waals surface area contributed by atoms with Crippen molar-refractivity contribution in [3.63, 3.8) is 0 Å². The number of furan rings is 1. The molecule has 1 aromatic rings. The van der Waals surface area contributed by atoms with Crippen molar-refractivity contribution < 1.29 is 9.52 Å². The molecule has 1 aliphatic rings. The first-order valence-electron chi connectivity index (χ1n) is 6.24. The number of nitrogens with zero attached hydrogens (tertiary/aromatic N) is 1. The van der Waals surface area contributed by atoms with E-state index in [1.807, 2.05) is 12.1 Å². The summed E-state index contributed by atoms with van der Waals surface area (Å²) in [5.41, 5.74) is 0.0731. The van der Waals surface area contributed by atoms with Gasteiger partial charge in [-0.25, -0.2) is 0 Å². The maximum Gasteiger partial charge on any atom is 0.117 e. The maximum absolute atomic E-state index is 9.54. The molecule has 1 aromatic heterocycles. The molecule has 1 unspecified atom stereocenters. The predicted molar refractivity (Wildman–Crippen MR) is 66.7 cm³/mol. The van der Waals surface area contributed by atoms with E-state index in [1.165, 1.54) is 0 Å². The average Bonchev–Trinajstić information content (AvgIpc) is 2.75. The smallest absolute Gasteiger partial charge is 0.117 e. The molecule has 1 aliphatic heterocycles. The van der Waals surface area contributed by atoms with Crippen molar-refractivity contribution >= 4 is 0 Å². The first-order valence-corrected chi connectivity index (χ1v) is 6.24. The molecule has 4 nitrogen and oxygen atoms in total. The van der Waals surface area contributed by atoms with Crippen LogP contribution in [0.5, 0.6) is 0 Å². The number of aliphatic hydroxyl groups is 1. The van der Waals surface area contributed by atoms with Crippen LogP contribution < -0.4 is 5.32 Å². The van der Waals surface area contributed by atoms with Crippen molar-refractivity contribution in [2.75, 3.05) is 19.7 Å². The van der Waals surface area contributed by atoms with Gasteiger partial charge in [0.1, 0.15) is 5.76 Å². The second-order valence-corrected chi connectivity index (χ2v) is 5.31. The summed E-state index contributed by atoms with van der Waals surface area (Å²) in [6, 6.07) is 4.05. The summed E-state index contributed by atoms with van der Waals surface area (Å²) in [7, 11) is 0. The Labute approximate surface area is 103 Å². The highest BCUT2D eigenvalue weighted by Gasteiger charge is 2.34. The molecule has 0 aromatic carbocycles. The first kappa shape index (κ1) is 12.6. The predicted octanol–water partition coefficient (Wildman–Crippen LogP) is 1.21. The molecule has 1 atom stereocenters. The SMILES string of the molecule is CC1(C)CCNCC(CO)N1Cc1ccco1. The Morgan fingerprint density at radius 1 is 1.59 bits per heavy atom. The minimum absolute atomic E-state index is 0.0731. The van der Waals surface area contributed by atoms with Crippen molar-refractivity contribution in [2.24, 2.45) is 0 Å². The summed E-state index contributed by atoms with van der Waals surface area (Å²) in [6.45, 7) is 7.22. The average molecular weight is 238 g/mol. The zero-order valence-electron chi connectivity index (χ0n) is 10.6. The lowest BCUT2D eigenvalue weighted by Crippen LogP contribution is -2.51. The largest absolute Gasteiger partial charge is 0.468 e. The Kier molecular flexibility index (Phi) is 3.86. The van der Waals surface area contributed by atoms with Crippen molar-refractivity contribution in [3.8, 4) is 0 Å². The van der Waals surface area contributed by atoms with Crippen LogP contribution >= 0.6 is 0 Å². The summed E-state index contributed by atoms with van der Waals surface area (Å²) in [6.07, 6.45) is 2.77. The normalized spacial score (nSPS) is 25.7. The van der Waals surface area contributed by atoms with E-state index >= 15 is 0 Å². The molecule has 0 amide bonds. The molecule has 0 bridgehead atoms. The summed E-state index contributed by atoms with van der Waals surface area (Å²) < 4.78 is 5.42. The van der Waals surface area contributed by atoms with Crippen LogP contribution in [0.15, 0.2) is 22.8 Å². The molecule has 0 saturated carbocycles. The zero-order valence-corrected chi connectivity index (χ0v) is 10.6. The van der Waals surface area contributed by atoms with E-state index < -0.39 is 0 Å². The molecule has 2 rings (SSSR count). The number of nitrogens with one attached hydrogen (secondary N) is 1. The summed E-state index contributed by atoms with van der Waals surface area (Å²) >= 11 is 0. The van der Waals surface area contributed by atoms with E-state index in [-0.39, 0.29) is 18.2 Å². The van der Waals surface area contributed by atoms with Crippen molar-refractivity contribution in [1.29, 1.82) is 0 Å². The minimum atomic E-state index is 0.0731. The van der Waals surface area contributed by atoms with Gasteiger partial charge in [0.05, 0.1) is 19.4 Å². The van der Waals surface area contributed by atoms with Gasteiger partial charge in [-0.15, -0.1) is 0 Å². The van der Waals surface area contributed by atoms with Crippen LogP contribution in [0.25, 0.3) is 0 Å². The van der Waals surface area contributed by atoms with Gasteiger partial charge >= 0.3 is 0 Å². The van der Waals surface area contributed by atoms with Crippen LogP contribution in [0.1, 0.15) is 26.0 Å². The minimum Gasteiger partial charge on any atom is -0.468 e. The van der Waals surface area contributed by atoms with Crippen LogP contribution in [0.4, 0.5) is 0 Å². The van der Waals surface area contributed by atoms with Gasteiger partial charge in [0, 0.05) is 18.1 Å². The van der Waals surface area contributed by atoms with Gasteiger partial charge in [0.25, 0.3) is 0 Å². The van der Waals surface area contributed by atoms with Crippen LogP contribution in [0, 0.1) is 0 Å². The van der Waals surface area contributed by atoms with Gasteiger partial charge in [0.2, 0.25) is 0 Å². The summed E-state index contributed by atoms with van der Waals surface area (Å²) in [4.78, 5) is 2.34. The van der Waals surface area contributed by atoms with E-state index in [0.29, 0.717) is 0 Å². The molecule has 4 heteroatoms. The Hall–Kier alpha value is -0.840. The van der Waals surface area contributed by atoms with Crippen LogP contribution in [-0.2, 0) is 6.54 Å². The highest BCUT2D eigenvalue weighted by molar-refractivity contribution is 5.01. The molecule has 1 saturated heterocycles. The Morgan fingerprint density at radius 3 is 3.06 bits per heavy atom. The van der Waals surface area contributed by atoms with E-state index in [9.17, 15) is 5.11 Å².